The lowest BCUT2D eigenvalue weighted by Crippen LogP contribution is -2.44. The van der Waals surface area contributed by atoms with Gasteiger partial charge in [0, 0.05) is 19.1 Å². The van der Waals surface area contributed by atoms with Crippen molar-refractivity contribution in [2.75, 3.05) is 25.0 Å². The molecule has 0 aliphatic carbocycles. The van der Waals surface area contributed by atoms with Gasteiger partial charge in [0.25, 0.3) is 0 Å². The number of hydrogen-bond donors (Lipinski definition) is 1. The van der Waals surface area contributed by atoms with Gasteiger partial charge in [-0.1, -0.05) is 0 Å². The van der Waals surface area contributed by atoms with Gasteiger partial charge in [-0.15, -0.1) is 0 Å². The monoisotopic (exact) mass is 236 g/mol. The number of nitro groups is 1. The molecule has 2 heterocycles. The highest BCUT2D eigenvalue weighted by Crippen LogP contribution is 2.27. The van der Waals surface area contributed by atoms with Crippen LogP contribution in [0.5, 0.6) is 0 Å². The summed E-state index contributed by atoms with van der Waals surface area (Å²) in [5.41, 5.74) is 0.623. The largest absolute Gasteiger partial charge is 0.387 e. The Hall–Kier alpha value is -1.69. The number of anilines is 1. The molecule has 0 radical (unpaired) electrons. The van der Waals surface area contributed by atoms with Crippen LogP contribution in [0, 0.1) is 10.1 Å². The molecule has 1 aliphatic rings. The average Bonchev–Trinajstić information content (AvgIpc) is 2.39. The second-order valence-electron chi connectivity index (χ2n) is 4.18. The van der Waals surface area contributed by atoms with Crippen molar-refractivity contribution in [1.29, 1.82) is 0 Å². The predicted molar refractivity (Wildman–Crippen MR) is 65.2 cm³/mol. The van der Waals surface area contributed by atoms with Crippen LogP contribution < -0.4 is 10.2 Å². The molecule has 1 atom stereocenters. The molecule has 0 aromatic carbocycles. The van der Waals surface area contributed by atoms with Gasteiger partial charge in [-0.05, 0) is 41.9 Å². The van der Waals surface area contributed by atoms with Gasteiger partial charge in [-0.25, -0.2) is 0 Å². The quantitative estimate of drug-likeness (QED) is 0.630. The lowest BCUT2D eigenvalue weighted by Gasteiger charge is -2.33. The van der Waals surface area contributed by atoms with E-state index in [4.69, 9.17) is 0 Å². The molecule has 1 aromatic rings. The number of nitrogens with one attached hydrogen (secondary N) is 1. The second kappa shape index (κ2) is 5.09. The topological polar surface area (TPSA) is 71.3 Å². The maximum atomic E-state index is 10.9. The Morgan fingerprint density at radius 2 is 2.47 bits per heavy atom. The number of aromatic nitrogens is 1. The maximum absolute atomic E-state index is 10.9. The SMILES string of the molecule is CNC1CCCN(c2cccnc2[N+](=O)[O-])C1. The summed E-state index contributed by atoms with van der Waals surface area (Å²) in [5, 5.41) is 14.1. The van der Waals surface area contributed by atoms with Gasteiger partial charge in [-0.3, -0.25) is 0 Å². The first-order valence-electron chi connectivity index (χ1n) is 5.74. The number of rotatable bonds is 3. The number of likely N-dealkylation sites (N-methyl/N-ethyl adjacent to an activating group) is 1. The fraction of sp³-hybridized carbons (Fsp3) is 0.545. The molecule has 0 bridgehead atoms. The van der Waals surface area contributed by atoms with Crippen LogP contribution in [0.15, 0.2) is 18.3 Å². The maximum Gasteiger partial charge on any atom is 0.387 e. The van der Waals surface area contributed by atoms with Crippen molar-refractivity contribution in [3.8, 4) is 0 Å². The van der Waals surface area contributed by atoms with Crippen molar-refractivity contribution in [2.45, 2.75) is 18.9 Å². The molecule has 92 valence electrons. The molecule has 0 amide bonds. The van der Waals surface area contributed by atoms with Gasteiger partial charge in [0.15, 0.2) is 0 Å². The Morgan fingerprint density at radius 3 is 3.18 bits per heavy atom. The van der Waals surface area contributed by atoms with Crippen molar-refractivity contribution >= 4 is 11.5 Å². The van der Waals surface area contributed by atoms with Gasteiger partial charge in [0.05, 0.1) is 0 Å². The smallest absolute Gasteiger partial charge is 0.363 e. The minimum atomic E-state index is -0.418. The number of piperidine rings is 1. The third kappa shape index (κ3) is 2.52. The molecule has 1 fully saturated rings. The van der Waals surface area contributed by atoms with E-state index in [1.165, 1.54) is 6.20 Å². The first kappa shape index (κ1) is 11.8. The zero-order valence-electron chi connectivity index (χ0n) is 9.80. The zero-order chi connectivity index (χ0) is 12.3. The number of nitrogens with zero attached hydrogens (tertiary/aromatic N) is 3. The lowest BCUT2D eigenvalue weighted by molar-refractivity contribution is -0.388. The zero-order valence-corrected chi connectivity index (χ0v) is 9.80. The van der Waals surface area contributed by atoms with Crippen LogP contribution in [-0.2, 0) is 0 Å². The summed E-state index contributed by atoms with van der Waals surface area (Å²) in [6, 6.07) is 3.90. The summed E-state index contributed by atoms with van der Waals surface area (Å²) >= 11 is 0. The van der Waals surface area contributed by atoms with E-state index in [1.54, 1.807) is 12.1 Å². The Balaban J connectivity index is 2.24. The van der Waals surface area contributed by atoms with Gasteiger partial charge < -0.3 is 20.3 Å². The number of hydrogen-bond acceptors (Lipinski definition) is 5. The van der Waals surface area contributed by atoms with E-state index in [2.05, 4.69) is 10.3 Å². The third-order valence-corrected chi connectivity index (χ3v) is 3.11. The van der Waals surface area contributed by atoms with E-state index in [0.717, 1.165) is 25.9 Å². The van der Waals surface area contributed by atoms with E-state index < -0.39 is 4.92 Å². The molecule has 1 saturated heterocycles. The second-order valence-corrected chi connectivity index (χ2v) is 4.18. The molecular formula is C11H16N4O2. The van der Waals surface area contributed by atoms with Crippen molar-refractivity contribution < 1.29 is 4.92 Å². The van der Waals surface area contributed by atoms with Crippen molar-refractivity contribution in [3.63, 3.8) is 0 Å². The van der Waals surface area contributed by atoms with Crippen molar-refractivity contribution in [3.05, 3.63) is 28.4 Å². The molecule has 1 aromatic heterocycles. The van der Waals surface area contributed by atoms with E-state index >= 15 is 0 Å². The molecule has 1 unspecified atom stereocenters. The highest BCUT2D eigenvalue weighted by atomic mass is 16.6. The number of pyridine rings is 1. The van der Waals surface area contributed by atoms with Gasteiger partial charge in [-0.2, -0.15) is 0 Å². The molecule has 1 aliphatic heterocycles. The highest BCUT2D eigenvalue weighted by Gasteiger charge is 2.25. The summed E-state index contributed by atoms with van der Waals surface area (Å²) in [6.45, 7) is 1.65. The lowest BCUT2D eigenvalue weighted by atomic mass is 10.1. The Kier molecular flexibility index (Phi) is 3.53. The first-order valence-corrected chi connectivity index (χ1v) is 5.74. The molecule has 2 rings (SSSR count). The van der Waals surface area contributed by atoms with Crippen LogP contribution >= 0.6 is 0 Å². The minimum absolute atomic E-state index is 0.0516. The molecule has 6 nitrogen and oxygen atoms in total. The van der Waals surface area contributed by atoms with Crippen LogP contribution in [0.4, 0.5) is 11.5 Å². The van der Waals surface area contributed by atoms with Crippen LogP contribution in [0.1, 0.15) is 12.8 Å². The van der Waals surface area contributed by atoms with Gasteiger partial charge in [0.1, 0.15) is 11.9 Å². The summed E-state index contributed by atoms with van der Waals surface area (Å²) in [7, 11) is 1.92. The Bertz CT molecular complexity index is 410. The Morgan fingerprint density at radius 1 is 1.65 bits per heavy atom. The molecular weight excluding hydrogens is 220 g/mol. The van der Waals surface area contributed by atoms with E-state index in [-0.39, 0.29) is 5.82 Å². The fourth-order valence-electron chi connectivity index (χ4n) is 2.21. The van der Waals surface area contributed by atoms with Gasteiger partial charge in [0.2, 0.25) is 0 Å². The highest BCUT2D eigenvalue weighted by molar-refractivity contribution is 5.59. The minimum Gasteiger partial charge on any atom is -0.363 e. The summed E-state index contributed by atoms with van der Waals surface area (Å²) in [5.74, 6) is -0.0516. The van der Waals surface area contributed by atoms with Crippen LogP contribution in [0.3, 0.4) is 0 Å². The van der Waals surface area contributed by atoms with Crippen molar-refractivity contribution in [2.24, 2.45) is 0 Å². The van der Waals surface area contributed by atoms with Crippen LogP contribution in [0.2, 0.25) is 0 Å². The van der Waals surface area contributed by atoms with Gasteiger partial charge >= 0.3 is 5.82 Å². The summed E-state index contributed by atoms with van der Waals surface area (Å²) < 4.78 is 0. The average molecular weight is 236 g/mol. The van der Waals surface area contributed by atoms with Crippen LogP contribution in [0.25, 0.3) is 0 Å². The summed E-state index contributed by atoms with van der Waals surface area (Å²) in [4.78, 5) is 16.4. The summed E-state index contributed by atoms with van der Waals surface area (Å²) in [6.07, 6.45) is 3.61. The van der Waals surface area contributed by atoms with Crippen molar-refractivity contribution in [1.82, 2.24) is 10.3 Å². The fourth-order valence-corrected chi connectivity index (χ4v) is 2.21. The molecule has 17 heavy (non-hydrogen) atoms. The third-order valence-electron chi connectivity index (χ3n) is 3.11. The predicted octanol–water partition coefficient (Wildman–Crippen LogP) is 1.18. The van der Waals surface area contributed by atoms with E-state index in [9.17, 15) is 10.1 Å². The van der Waals surface area contributed by atoms with E-state index in [1.807, 2.05) is 11.9 Å². The standard InChI is InChI=1S/C11H16N4O2/c1-12-9-4-3-7-14(8-9)10-5-2-6-13-11(10)15(16)17/h2,5-6,9,12H,3-4,7-8H2,1H3. The molecule has 0 saturated carbocycles. The molecule has 1 N–H and O–H groups in total. The normalized spacial score (nSPS) is 20.3. The van der Waals surface area contributed by atoms with E-state index in [0.29, 0.717) is 11.7 Å². The first-order chi connectivity index (χ1) is 8.22. The molecule has 0 spiro atoms. The molecule has 6 heteroatoms. The van der Waals surface area contributed by atoms with Crippen LogP contribution in [-0.4, -0.2) is 36.1 Å². The Labute approximate surface area is 99.8 Å².